The molecule has 6 heteroatoms. The summed E-state index contributed by atoms with van der Waals surface area (Å²) >= 11 is 17.9. The number of benzene rings is 2. The van der Waals surface area contributed by atoms with E-state index in [1.54, 1.807) is 6.07 Å². The number of halogens is 2. The quantitative estimate of drug-likeness (QED) is 0.578. The monoisotopic (exact) mass is 435 g/mol. The van der Waals surface area contributed by atoms with Gasteiger partial charge in [0.1, 0.15) is 0 Å². The van der Waals surface area contributed by atoms with Gasteiger partial charge in [-0.05, 0) is 59.9 Å². The number of hydrogen-bond donors (Lipinski definition) is 1. The summed E-state index contributed by atoms with van der Waals surface area (Å²) in [4.78, 5) is 4.63. The van der Waals surface area contributed by atoms with Crippen molar-refractivity contribution in [3.63, 3.8) is 0 Å². The molecule has 1 aliphatic heterocycles. The van der Waals surface area contributed by atoms with Gasteiger partial charge < -0.3 is 10.2 Å². The molecule has 1 fully saturated rings. The van der Waals surface area contributed by atoms with Gasteiger partial charge in [-0.1, -0.05) is 55.2 Å². The molecule has 1 aliphatic rings. The van der Waals surface area contributed by atoms with Crippen molar-refractivity contribution >= 4 is 46.2 Å². The van der Waals surface area contributed by atoms with Gasteiger partial charge in [0.05, 0.1) is 0 Å². The Morgan fingerprint density at radius 2 is 1.75 bits per heavy atom. The number of anilines is 1. The number of nitrogens with zero attached hydrogens (tertiary/aromatic N) is 2. The van der Waals surface area contributed by atoms with Gasteiger partial charge in [-0.3, -0.25) is 4.90 Å². The number of thiocarbonyl (C=S) groups is 1. The van der Waals surface area contributed by atoms with E-state index in [9.17, 15) is 0 Å². The summed E-state index contributed by atoms with van der Waals surface area (Å²) in [5.74, 6) is 0.586. The van der Waals surface area contributed by atoms with Gasteiger partial charge in [-0.25, -0.2) is 0 Å². The van der Waals surface area contributed by atoms with E-state index in [0.717, 1.165) is 60.5 Å². The van der Waals surface area contributed by atoms with Crippen LogP contribution >= 0.6 is 35.4 Å². The maximum atomic E-state index is 6.31. The lowest BCUT2D eigenvalue weighted by molar-refractivity contribution is 0.177. The first kappa shape index (κ1) is 21.4. The second kappa shape index (κ2) is 9.93. The van der Waals surface area contributed by atoms with Crippen LogP contribution in [0, 0.1) is 0 Å². The van der Waals surface area contributed by atoms with Crippen LogP contribution in [0.25, 0.3) is 0 Å². The highest BCUT2D eigenvalue weighted by Crippen LogP contribution is 2.23. The van der Waals surface area contributed by atoms with E-state index in [-0.39, 0.29) is 0 Å². The average molecular weight is 436 g/mol. The molecular weight excluding hydrogens is 409 g/mol. The van der Waals surface area contributed by atoms with Crippen molar-refractivity contribution in [3.05, 3.63) is 63.6 Å². The highest BCUT2D eigenvalue weighted by Gasteiger charge is 2.20. The van der Waals surface area contributed by atoms with Gasteiger partial charge >= 0.3 is 0 Å². The Morgan fingerprint density at radius 1 is 1.07 bits per heavy atom. The lowest BCUT2D eigenvalue weighted by Crippen LogP contribution is -2.49. The molecule has 3 rings (SSSR count). The molecule has 2 aromatic rings. The summed E-state index contributed by atoms with van der Waals surface area (Å²) in [5.41, 5.74) is 3.53. The minimum Gasteiger partial charge on any atom is -0.346 e. The summed E-state index contributed by atoms with van der Waals surface area (Å²) in [6, 6.07) is 14.3. The number of rotatable bonds is 5. The first-order chi connectivity index (χ1) is 13.5. The van der Waals surface area contributed by atoms with E-state index >= 15 is 0 Å². The van der Waals surface area contributed by atoms with E-state index in [2.05, 4.69) is 53.2 Å². The molecule has 1 N–H and O–H groups in total. The smallest absolute Gasteiger partial charge is 0.173 e. The summed E-state index contributed by atoms with van der Waals surface area (Å²) < 4.78 is 0. The molecule has 2 aromatic carbocycles. The Balaban J connectivity index is 1.49. The Kier molecular flexibility index (Phi) is 7.58. The first-order valence-electron chi connectivity index (χ1n) is 9.78. The first-order valence-corrected chi connectivity index (χ1v) is 10.9. The summed E-state index contributed by atoms with van der Waals surface area (Å²) in [5, 5.41) is 5.57. The summed E-state index contributed by atoms with van der Waals surface area (Å²) in [6.07, 6.45) is 1.15. The molecule has 1 heterocycles. The molecule has 1 atom stereocenters. The Bertz CT molecular complexity index is 802. The van der Waals surface area contributed by atoms with Crippen LogP contribution in [0.1, 0.15) is 37.3 Å². The van der Waals surface area contributed by atoms with Gasteiger partial charge in [0, 0.05) is 48.5 Å². The lowest BCUT2D eigenvalue weighted by Gasteiger charge is -2.36. The van der Waals surface area contributed by atoms with Crippen molar-refractivity contribution < 1.29 is 0 Å². The fraction of sp³-hybridized carbons (Fsp3) is 0.409. The molecular formula is C22H27Cl2N3S. The van der Waals surface area contributed by atoms with Gasteiger partial charge in [-0.15, -0.1) is 0 Å². The molecule has 150 valence electrons. The van der Waals surface area contributed by atoms with Gasteiger partial charge in [0.2, 0.25) is 0 Å². The molecule has 0 bridgehead atoms. The van der Waals surface area contributed by atoms with Gasteiger partial charge in [0.25, 0.3) is 0 Å². The van der Waals surface area contributed by atoms with Crippen LogP contribution in [0.2, 0.25) is 10.0 Å². The molecule has 3 nitrogen and oxygen atoms in total. The average Bonchev–Trinajstić information content (AvgIpc) is 2.70. The van der Waals surface area contributed by atoms with Crippen molar-refractivity contribution in [1.29, 1.82) is 0 Å². The van der Waals surface area contributed by atoms with E-state index < -0.39 is 0 Å². The third kappa shape index (κ3) is 5.60. The Morgan fingerprint density at radius 3 is 2.36 bits per heavy atom. The maximum Gasteiger partial charge on any atom is 0.173 e. The highest BCUT2D eigenvalue weighted by molar-refractivity contribution is 7.80. The summed E-state index contributed by atoms with van der Waals surface area (Å²) in [6.45, 7) is 9.02. The zero-order valence-corrected chi connectivity index (χ0v) is 18.7. The second-order valence-corrected chi connectivity index (χ2v) is 8.59. The third-order valence-corrected chi connectivity index (χ3v) is 6.36. The van der Waals surface area contributed by atoms with Crippen molar-refractivity contribution in [2.24, 2.45) is 0 Å². The molecule has 0 spiro atoms. The Labute approximate surface area is 183 Å². The molecule has 0 aliphatic carbocycles. The van der Waals surface area contributed by atoms with E-state index in [0.29, 0.717) is 10.9 Å². The third-order valence-electron chi connectivity index (χ3n) is 5.41. The van der Waals surface area contributed by atoms with Crippen LogP contribution in [-0.4, -0.2) is 41.1 Å². The van der Waals surface area contributed by atoms with Crippen molar-refractivity contribution in [1.82, 2.24) is 9.80 Å². The van der Waals surface area contributed by atoms with Crippen molar-refractivity contribution in [3.8, 4) is 0 Å². The summed E-state index contributed by atoms with van der Waals surface area (Å²) in [7, 11) is 0. The van der Waals surface area contributed by atoms with Crippen LogP contribution in [0.4, 0.5) is 5.69 Å². The van der Waals surface area contributed by atoms with E-state index in [1.165, 1.54) is 5.56 Å². The van der Waals surface area contributed by atoms with Crippen molar-refractivity contribution in [2.45, 2.75) is 32.7 Å². The molecule has 0 saturated carbocycles. The molecule has 1 saturated heterocycles. The topological polar surface area (TPSA) is 18.5 Å². The Hall–Kier alpha value is -1.33. The van der Waals surface area contributed by atoms with Crippen LogP contribution in [0.15, 0.2) is 42.5 Å². The minimum absolute atomic E-state index is 0.586. The predicted molar refractivity (Wildman–Crippen MR) is 125 cm³/mol. The number of hydrogen-bond acceptors (Lipinski definition) is 2. The largest absolute Gasteiger partial charge is 0.346 e. The minimum atomic E-state index is 0.586. The van der Waals surface area contributed by atoms with Crippen LogP contribution in [-0.2, 0) is 6.54 Å². The normalized spacial score (nSPS) is 16.1. The SMILES string of the molecule is CCC(C)c1ccc(NC(=S)N2CCN(Cc3ccc(Cl)cc3Cl)CC2)cc1. The van der Waals surface area contributed by atoms with Crippen LogP contribution < -0.4 is 5.32 Å². The lowest BCUT2D eigenvalue weighted by atomic mass is 9.99. The fourth-order valence-electron chi connectivity index (χ4n) is 3.33. The zero-order chi connectivity index (χ0) is 20.1. The molecule has 0 amide bonds. The van der Waals surface area contributed by atoms with Gasteiger partial charge in [0.15, 0.2) is 5.11 Å². The van der Waals surface area contributed by atoms with E-state index in [1.807, 2.05) is 12.1 Å². The number of piperazine rings is 1. The predicted octanol–water partition coefficient (Wildman–Crippen LogP) is 6.02. The number of nitrogens with one attached hydrogen (secondary N) is 1. The highest BCUT2D eigenvalue weighted by atomic mass is 35.5. The van der Waals surface area contributed by atoms with Crippen molar-refractivity contribution in [2.75, 3.05) is 31.5 Å². The van der Waals surface area contributed by atoms with Crippen LogP contribution in [0.3, 0.4) is 0 Å². The second-order valence-electron chi connectivity index (χ2n) is 7.36. The maximum absolute atomic E-state index is 6.31. The van der Waals surface area contributed by atoms with Crippen LogP contribution in [0.5, 0.6) is 0 Å². The standard InChI is InChI=1S/C22H27Cl2N3S/c1-3-16(2)17-5-8-20(9-6-17)25-22(28)27-12-10-26(11-13-27)15-18-4-7-19(23)14-21(18)24/h4-9,14,16H,3,10-13,15H2,1-2H3,(H,25,28). The molecule has 28 heavy (non-hydrogen) atoms. The molecule has 1 unspecified atom stereocenters. The zero-order valence-electron chi connectivity index (χ0n) is 16.4. The fourth-order valence-corrected chi connectivity index (χ4v) is 4.10. The molecule has 0 aromatic heterocycles. The van der Waals surface area contributed by atoms with Gasteiger partial charge in [-0.2, -0.15) is 0 Å². The van der Waals surface area contributed by atoms with E-state index in [4.69, 9.17) is 35.4 Å². The molecule has 0 radical (unpaired) electrons.